The zero-order valence-electron chi connectivity index (χ0n) is 22.1. The molecule has 1 fully saturated rings. The number of carbonyl (C=O) groups excluding carboxylic acids is 1. The van der Waals surface area contributed by atoms with Crippen LogP contribution in [-0.4, -0.2) is 79.0 Å². The summed E-state index contributed by atoms with van der Waals surface area (Å²) in [6.45, 7) is -0.553. The van der Waals surface area contributed by atoms with E-state index in [1.54, 1.807) is 0 Å². The Hall–Kier alpha value is -5.08. The number of esters is 1. The van der Waals surface area contributed by atoms with Crippen LogP contribution in [0.5, 0.6) is 28.7 Å². The van der Waals surface area contributed by atoms with Gasteiger partial charge in [0.2, 0.25) is 6.29 Å². The highest BCUT2D eigenvalue weighted by molar-refractivity contribution is 5.87. The smallest absolute Gasteiger partial charge is 0.330 e. The summed E-state index contributed by atoms with van der Waals surface area (Å²) in [5.41, 5.74) is 0.228. The molecule has 1 aliphatic rings. The van der Waals surface area contributed by atoms with Gasteiger partial charge in [0.05, 0.1) is 0 Å². The number of carbonyl (C=O) groups is 1. The number of phenolic OH excluding ortho intramolecular Hbond substituents is 4. The van der Waals surface area contributed by atoms with Crippen molar-refractivity contribution in [2.75, 3.05) is 6.61 Å². The van der Waals surface area contributed by atoms with Crippen LogP contribution in [0.2, 0.25) is 0 Å². The van der Waals surface area contributed by atoms with Crippen LogP contribution in [0.3, 0.4) is 0 Å². The van der Waals surface area contributed by atoms with Crippen molar-refractivity contribution in [3.63, 3.8) is 0 Å². The van der Waals surface area contributed by atoms with E-state index in [2.05, 4.69) is 0 Å². The van der Waals surface area contributed by atoms with Crippen molar-refractivity contribution in [1.82, 2.24) is 0 Å². The van der Waals surface area contributed by atoms with Crippen molar-refractivity contribution in [3.05, 3.63) is 82.5 Å². The number of hydrogen-bond acceptors (Lipinski definition) is 13. The maximum Gasteiger partial charge on any atom is 0.330 e. The monoisotopic (exact) mass is 594 g/mol. The molecule has 4 aromatic rings. The molecule has 0 spiro atoms. The lowest BCUT2D eigenvalue weighted by Crippen LogP contribution is -2.60. The highest BCUT2D eigenvalue weighted by Crippen LogP contribution is 2.33. The molecule has 43 heavy (non-hydrogen) atoms. The van der Waals surface area contributed by atoms with E-state index in [-0.39, 0.29) is 39.7 Å². The molecule has 3 aromatic carbocycles. The van der Waals surface area contributed by atoms with Crippen molar-refractivity contribution < 1.29 is 59.2 Å². The topological polar surface area (TPSA) is 217 Å². The molecule has 1 aliphatic heterocycles. The zero-order chi connectivity index (χ0) is 30.8. The Balaban J connectivity index is 1.31. The Morgan fingerprint density at radius 2 is 1.58 bits per heavy atom. The first-order valence-corrected chi connectivity index (χ1v) is 12.8. The molecule has 13 heteroatoms. The lowest BCUT2D eigenvalue weighted by Gasteiger charge is -2.39. The zero-order valence-corrected chi connectivity index (χ0v) is 22.1. The number of hydrogen-bond donors (Lipinski definition) is 7. The summed E-state index contributed by atoms with van der Waals surface area (Å²) in [5, 5.41) is 70.1. The fourth-order valence-electron chi connectivity index (χ4n) is 4.39. The molecule has 0 bridgehead atoms. The van der Waals surface area contributed by atoms with Crippen molar-refractivity contribution >= 4 is 23.0 Å². The second-order valence-electron chi connectivity index (χ2n) is 9.68. The first-order chi connectivity index (χ1) is 20.5. The number of rotatable bonds is 7. The van der Waals surface area contributed by atoms with Crippen LogP contribution in [0.4, 0.5) is 0 Å². The molecule has 224 valence electrons. The molecule has 0 unspecified atom stereocenters. The van der Waals surface area contributed by atoms with E-state index >= 15 is 0 Å². The van der Waals surface area contributed by atoms with Gasteiger partial charge in [-0.05, 0) is 48.0 Å². The number of ether oxygens (including phenoxy) is 3. The van der Waals surface area contributed by atoms with Gasteiger partial charge in [-0.15, -0.1) is 0 Å². The first kappa shape index (κ1) is 29.4. The van der Waals surface area contributed by atoms with Crippen molar-refractivity contribution in [2.24, 2.45) is 0 Å². The molecule has 1 aromatic heterocycles. The summed E-state index contributed by atoms with van der Waals surface area (Å²) < 4.78 is 22.1. The van der Waals surface area contributed by atoms with Gasteiger partial charge in [-0.3, -0.25) is 4.79 Å². The predicted molar refractivity (Wildman–Crippen MR) is 148 cm³/mol. The number of benzene rings is 3. The molecule has 1 saturated heterocycles. The van der Waals surface area contributed by atoms with Gasteiger partial charge in [-0.25, -0.2) is 4.79 Å². The molecule has 0 radical (unpaired) electrons. The molecule has 0 aliphatic carbocycles. The van der Waals surface area contributed by atoms with Crippen LogP contribution in [0.25, 0.3) is 28.4 Å². The number of phenols is 4. The summed E-state index contributed by atoms with van der Waals surface area (Å²) in [7, 11) is 0. The van der Waals surface area contributed by atoms with E-state index in [9.17, 15) is 45.3 Å². The minimum Gasteiger partial charge on any atom is -0.508 e. The van der Waals surface area contributed by atoms with Crippen LogP contribution >= 0.6 is 0 Å². The molecule has 0 saturated carbocycles. The van der Waals surface area contributed by atoms with Crippen LogP contribution < -0.4 is 10.2 Å². The molecule has 7 N–H and O–H groups in total. The first-order valence-electron chi connectivity index (χ1n) is 12.8. The number of fused-ring (bicyclic) bond motifs is 1. The molecular formula is C30H26O13. The van der Waals surface area contributed by atoms with E-state index in [0.717, 1.165) is 12.1 Å². The van der Waals surface area contributed by atoms with E-state index in [1.165, 1.54) is 60.7 Å². The van der Waals surface area contributed by atoms with Gasteiger partial charge >= 0.3 is 5.97 Å². The van der Waals surface area contributed by atoms with Crippen LogP contribution in [0.15, 0.2) is 76.0 Å². The molecule has 0 amide bonds. The predicted octanol–water partition coefficient (Wildman–Crippen LogP) is 1.73. The van der Waals surface area contributed by atoms with Gasteiger partial charge in [0.15, 0.2) is 16.9 Å². The highest BCUT2D eigenvalue weighted by atomic mass is 16.7. The Bertz CT molecular complexity index is 1730. The lowest BCUT2D eigenvalue weighted by molar-refractivity contribution is -0.278. The van der Waals surface area contributed by atoms with E-state index in [0.29, 0.717) is 11.1 Å². The average Bonchev–Trinajstić information content (AvgIpc) is 2.97. The summed E-state index contributed by atoms with van der Waals surface area (Å²) in [5.74, 6) is -2.04. The SMILES string of the molecule is O=C(C=Cc1ccc(O)c(O)c1)OC[C@H]1O[C@@H](Oc2cc(O)c3c(=O)cc(-c4ccc(O)cc4)oc3c2)[C@H](O)[C@@H](O)[C@@H]1O. The molecular weight excluding hydrogens is 568 g/mol. The lowest BCUT2D eigenvalue weighted by atomic mass is 9.99. The Morgan fingerprint density at radius 1 is 0.837 bits per heavy atom. The second-order valence-corrected chi connectivity index (χ2v) is 9.68. The van der Waals surface area contributed by atoms with Gasteiger partial charge in [-0.1, -0.05) is 6.07 Å². The van der Waals surface area contributed by atoms with Crippen molar-refractivity contribution in [2.45, 2.75) is 30.7 Å². The number of aliphatic hydroxyl groups is 3. The van der Waals surface area contributed by atoms with Gasteiger partial charge < -0.3 is 54.4 Å². The molecule has 13 nitrogen and oxygen atoms in total. The van der Waals surface area contributed by atoms with Gasteiger partial charge in [0, 0.05) is 29.8 Å². The van der Waals surface area contributed by atoms with Crippen LogP contribution in [-0.2, 0) is 14.3 Å². The van der Waals surface area contributed by atoms with Crippen LogP contribution in [0.1, 0.15) is 5.56 Å². The van der Waals surface area contributed by atoms with Crippen molar-refractivity contribution in [3.8, 4) is 40.1 Å². The summed E-state index contributed by atoms with van der Waals surface area (Å²) in [4.78, 5) is 24.9. The molecule has 5 atom stereocenters. The van der Waals surface area contributed by atoms with Gasteiger partial charge in [0.25, 0.3) is 0 Å². The minimum atomic E-state index is -1.77. The van der Waals surface area contributed by atoms with E-state index in [1.807, 2.05) is 0 Å². The maximum absolute atomic E-state index is 12.7. The average molecular weight is 595 g/mol. The third-order valence-corrected chi connectivity index (χ3v) is 6.66. The summed E-state index contributed by atoms with van der Waals surface area (Å²) in [6.07, 6.45) is -5.83. The number of aromatic hydroxyl groups is 4. The third-order valence-electron chi connectivity index (χ3n) is 6.66. The standard InChI is InChI=1S/C30H26O13/c31-16-5-3-15(4-6-16)22-12-21(35)26-20(34)10-17(11-23(26)42-22)41-30-29(39)28(38)27(37)24(43-30)13-40-25(36)8-2-14-1-7-18(32)19(33)9-14/h1-12,24,27-34,37-39H,13H2/t24-,27-,28+,29-,30-/m1/s1. The fraction of sp³-hybridized carbons (Fsp3) is 0.200. The summed E-state index contributed by atoms with van der Waals surface area (Å²) >= 11 is 0. The largest absolute Gasteiger partial charge is 0.508 e. The minimum absolute atomic E-state index is 0.0123. The normalized spacial score (nSPS) is 22.1. The molecule has 5 rings (SSSR count). The Labute approximate surface area is 242 Å². The van der Waals surface area contributed by atoms with Crippen LogP contribution in [0, 0.1) is 0 Å². The maximum atomic E-state index is 12.7. The van der Waals surface area contributed by atoms with Gasteiger partial charge in [-0.2, -0.15) is 0 Å². The van der Waals surface area contributed by atoms with E-state index in [4.69, 9.17) is 18.6 Å². The number of aliphatic hydroxyl groups excluding tert-OH is 3. The Kier molecular flexibility index (Phi) is 8.23. The summed E-state index contributed by atoms with van der Waals surface area (Å²) in [6, 6.07) is 13.3. The molecule has 2 heterocycles. The quantitative estimate of drug-likeness (QED) is 0.0923. The van der Waals surface area contributed by atoms with E-state index < -0.39 is 54.5 Å². The van der Waals surface area contributed by atoms with Crippen molar-refractivity contribution in [1.29, 1.82) is 0 Å². The highest BCUT2D eigenvalue weighted by Gasteiger charge is 2.45. The Morgan fingerprint density at radius 3 is 2.30 bits per heavy atom. The third kappa shape index (κ3) is 6.39. The van der Waals surface area contributed by atoms with Gasteiger partial charge in [0.1, 0.15) is 65.0 Å². The fourth-order valence-corrected chi connectivity index (χ4v) is 4.39. The second kappa shape index (κ2) is 12.0.